The molecule has 0 radical (unpaired) electrons. The van der Waals surface area contributed by atoms with Crippen molar-refractivity contribution in [1.82, 2.24) is 0 Å². The molecule has 0 fully saturated rings. The molecule has 0 heterocycles. The Kier molecular flexibility index (Phi) is 6.46. The number of esters is 1. The number of ketones is 1. The molecule has 0 aliphatic rings. The normalized spacial score (nSPS) is 10.2. The van der Waals surface area contributed by atoms with Gasteiger partial charge in [0, 0.05) is 17.7 Å². The van der Waals surface area contributed by atoms with Gasteiger partial charge >= 0.3 is 5.97 Å². The first-order chi connectivity index (χ1) is 12.0. The van der Waals surface area contributed by atoms with E-state index in [0.29, 0.717) is 11.3 Å². The topological polar surface area (TPSA) is 72.5 Å². The maximum absolute atomic E-state index is 11.9. The SMILES string of the molecule is Cc1ccc(NC(=O)COC(=O)CCC(=O)c2ccccc2)cc1C. The molecule has 0 saturated carbocycles. The molecule has 2 aromatic rings. The van der Waals surface area contributed by atoms with Crippen molar-refractivity contribution in [3.8, 4) is 0 Å². The standard InChI is InChI=1S/C20H21NO4/c1-14-8-9-17(12-15(14)2)21-19(23)13-25-20(24)11-10-18(22)16-6-4-3-5-7-16/h3-9,12H,10-11,13H2,1-2H3,(H,21,23). The van der Waals surface area contributed by atoms with Gasteiger partial charge in [-0.25, -0.2) is 0 Å². The molecule has 0 saturated heterocycles. The Balaban J connectivity index is 1.73. The number of rotatable bonds is 7. The lowest BCUT2D eigenvalue weighted by molar-refractivity contribution is -0.147. The summed E-state index contributed by atoms with van der Waals surface area (Å²) in [5.74, 6) is -1.11. The largest absolute Gasteiger partial charge is 0.456 e. The van der Waals surface area contributed by atoms with Crippen LogP contribution in [0.5, 0.6) is 0 Å². The monoisotopic (exact) mass is 339 g/mol. The van der Waals surface area contributed by atoms with E-state index in [1.54, 1.807) is 30.3 Å². The molecule has 0 unspecified atom stereocenters. The first-order valence-electron chi connectivity index (χ1n) is 8.06. The molecular weight excluding hydrogens is 318 g/mol. The fraction of sp³-hybridized carbons (Fsp3) is 0.250. The number of anilines is 1. The van der Waals surface area contributed by atoms with Crippen LogP contribution in [0.2, 0.25) is 0 Å². The summed E-state index contributed by atoms with van der Waals surface area (Å²) in [4.78, 5) is 35.4. The van der Waals surface area contributed by atoms with Gasteiger partial charge in [-0.2, -0.15) is 0 Å². The first kappa shape index (κ1) is 18.4. The van der Waals surface area contributed by atoms with Crippen molar-refractivity contribution in [3.63, 3.8) is 0 Å². The third kappa shape index (κ3) is 5.88. The van der Waals surface area contributed by atoms with Gasteiger partial charge in [0.25, 0.3) is 5.91 Å². The van der Waals surface area contributed by atoms with Crippen LogP contribution in [0.15, 0.2) is 48.5 Å². The van der Waals surface area contributed by atoms with Gasteiger partial charge in [-0.1, -0.05) is 36.4 Å². The number of benzene rings is 2. The highest BCUT2D eigenvalue weighted by atomic mass is 16.5. The lowest BCUT2D eigenvalue weighted by Gasteiger charge is -2.08. The van der Waals surface area contributed by atoms with Crippen LogP contribution in [0.25, 0.3) is 0 Å². The van der Waals surface area contributed by atoms with Crippen molar-refractivity contribution >= 4 is 23.3 Å². The van der Waals surface area contributed by atoms with Gasteiger partial charge in [-0.15, -0.1) is 0 Å². The van der Waals surface area contributed by atoms with Crippen LogP contribution in [0, 0.1) is 13.8 Å². The zero-order chi connectivity index (χ0) is 18.2. The van der Waals surface area contributed by atoms with Crippen LogP contribution in [0.1, 0.15) is 34.3 Å². The second kappa shape index (κ2) is 8.78. The molecule has 0 spiro atoms. The summed E-state index contributed by atoms with van der Waals surface area (Å²) in [6.07, 6.45) is 0.00622. The summed E-state index contributed by atoms with van der Waals surface area (Å²) < 4.78 is 4.91. The van der Waals surface area contributed by atoms with Crippen molar-refractivity contribution in [2.24, 2.45) is 0 Å². The van der Waals surface area contributed by atoms with Gasteiger partial charge in [-0.05, 0) is 37.1 Å². The van der Waals surface area contributed by atoms with Crippen molar-refractivity contribution in [2.75, 3.05) is 11.9 Å². The summed E-state index contributed by atoms with van der Waals surface area (Å²) in [7, 11) is 0. The predicted molar refractivity (Wildman–Crippen MR) is 95.5 cm³/mol. The number of amides is 1. The van der Waals surface area contributed by atoms with Crippen molar-refractivity contribution in [2.45, 2.75) is 26.7 Å². The minimum absolute atomic E-state index is 0.0509. The summed E-state index contributed by atoms with van der Waals surface area (Å²) >= 11 is 0. The van der Waals surface area contributed by atoms with Crippen LogP contribution < -0.4 is 5.32 Å². The number of hydrogen-bond donors (Lipinski definition) is 1. The minimum Gasteiger partial charge on any atom is -0.456 e. The predicted octanol–water partition coefficient (Wildman–Crippen LogP) is 3.45. The van der Waals surface area contributed by atoms with E-state index in [2.05, 4.69) is 5.32 Å². The van der Waals surface area contributed by atoms with E-state index in [1.165, 1.54) is 0 Å². The van der Waals surface area contributed by atoms with E-state index in [9.17, 15) is 14.4 Å². The number of aryl methyl sites for hydroxylation is 2. The summed E-state index contributed by atoms with van der Waals surface area (Å²) in [6, 6.07) is 14.3. The Hall–Kier alpha value is -2.95. The number of carbonyl (C=O) groups is 3. The quantitative estimate of drug-likeness (QED) is 0.619. The Bertz CT molecular complexity index is 769. The molecule has 0 atom stereocenters. The minimum atomic E-state index is -0.570. The van der Waals surface area contributed by atoms with Gasteiger partial charge < -0.3 is 10.1 Å². The highest BCUT2D eigenvalue weighted by molar-refractivity contribution is 5.97. The molecule has 2 aromatic carbocycles. The van der Waals surface area contributed by atoms with Crippen LogP contribution in [-0.4, -0.2) is 24.3 Å². The Labute approximate surface area is 147 Å². The zero-order valence-corrected chi connectivity index (χ0v) is 14.4. The second-order valence-electron chi connectivity index (χ2n) is 5.80. The Morgan fingerprint density at radius 1 is 0.920 bits per heavy atom. The molecule has 5 heteroatoms. The maximum Gasteiger partial charge on any atom is 0.306 e. The molecule has 0 aromatic heterocycles. The van der Waals surface area contributed by atoms with Crippen molar-refractivity contribution < 1.29 is 19.1 Å². The third-order valence-electron chi connectivity index (χ3n) is 3.81. The third-order valence-corrected chi connectivity index (χ3v) is 3.81. The smallest absolute Gasteiger partial charge is 0.306 e. The molecule has 130 valence electrons. The molecule has 25 heavy (non-hydrogen) atoms. The lowest BCUT2D eigenvalue weighted by Crippen LogP contribution is -2.21. The number of nitrogens with one attached hydrogen (secondary N) is 1. The Morgan fingerprint density at radius 3 is 2.32 bits per heavy atom. The highest BCUT2D eigenvalue weighted by Gasteiger charge is 2.12. The van der Waals surface area contributed by atoms with Gasteiger partial charge in [0.05, 0.1) is 6.42 Å². The lowest BCUT2D eigenvalue weighted by atomic mass is 10.1. The number of ether oxygens (including phenoxy) is 1. The maximum atomic E-state index is 11.9. The molecule has 1 amide bonds. The Morgan fingerprint density at radius 2 is 1.64 bits per heavy atom. The molecule has 0 aliphatic carbocycles. The first-order valence-corrected chi connectivity index (χ1v) is 8.06. The van der Waals surface area contributed by atoms with Crippen molar-refractivity contribution in [1.29, 1.82) is 0 Å². The molecule has 5 nitrogen and oxygen atoms in total. The van der Waals surface area contributed by atoms with Crippen LogP contribution in [-0.2, 0) is 14.3 Å². The average Bonchev–Trinajstić information content (AvgIpc) is 2.61. The van der Waals surface area contributed by atoms with E-state index in [4.69, 9.17) is 4.74 Å². The van der Waals surface area contributed by atoms with Gasteiger partial charge in [0.2, 0.25) is 0 Å². The van der Waals surface area contributed by atoms with E-state index < -0.39 is 11.9 Å². The fourth-order valence-electron chi connectivity index (χ4n) is 2.22. The van der Waals surface area contributed by atoms with Gasteiger partial charge in [-0.3, -0.25) is 14.4 Å². The fourth-order valence-corrected chi connectivity index (χ4v) is 2.22. The van der Waals surface area contributed by atoms with Crippen molar-refractivity contribution in [3.05, 3.63) is 65.2 Å². The van der Waals surface area contributed by atoms with E-state index in [-0.39, 0.29) is 25.2 Å². The zero-order valence-electron chi connectivity index (χ0n) is 14.4. The highest BCUT2D eigenvalue weighted by Crippen LogP contribution is 2.14. The van der Waals surface area contributed by atoms with E-state index >= 15 is 0 Å². The molecule has 0 bridgehead atoms. The summed E-state index contributed by atoms with van der Waals surface area (Å²) in [5, 5.41) is 2.67. The van der Waals surface area contributed by atoms with Crippen LogP contribution in [0.3, 0.4) is 0 Å². The number of hydrogen-bond acceptors (Lipinski definition) is 4. The van der Waals surface area contributed by atoms with Crippen LogP contribution in [0.4, 0.5) is 5.69 Å². The molecule has 2 rings (SSSR count). The van der Waals surface area contributed by atoms with Gasteiger partial charge in [0.15, 0.2) is 12.4 Å². The van der Waals surface area contributed by atoms with Crippen LogP contribution >= 0.6 is 0 Å². The average molecular weight is 339 g/mol. The number of carbonyl (C=O) groups excluding carboxylic acids is 3. The number of Topliss-reactive ketones (excluding diaryl/α,β-unsaturated/α-hetero) is 1. The second-order valence-corrected chi connectivity index (χ2v) is 5.80. The molecule has 1 N–H and O–H groups in total. The van der Waals surface area contributed by atoms with Gasteiger partial charge in [0.1, 0.15) is 0 Å². The summed E-state index contributed by atoms with van der Waals surface area (Å²) in [6.45, 7) is 3.57. The van der Waals surface area contributed by atoms with E-state index in [0.717, 1.165) is 11.1 Å². The van der Waals surface area contributed by atoms with E-state index in [1.807, 2.05) is 32.0 Å². The summed E-state index contributed by atoms with van der Waals surface area (Å²) in [5.41, 5.74) is 3.41. The molecular formula is C20H21NO4. The molecule has 0 aliphatic heterocycles.